The summed E-state index contributed by atoms with van der Waals surface area (Å²) in [6.07, 6.45) is -9.32. The molecule has 0 saturated carbocycles. The van der Waals surface area contributed by atoms with Gasteiger partial charge in [-0.2, -0.15) is 13.2 Å². The number of aromatic nitrogens is 1. The molecule has 0 radical (unpaired) electrons. The van der Waals surface area contributed by atoms with Crippen LogP contribution in [-0.2, 0) is 6.18 Å². The van der Waals surface area contributed by atoms with Gasteiger partial charge in [0.2, 0.25) is 0 Å². The van der Waals surface area contributed by atoms with Gasteiger partial charge in [-0.15, -0.1) is 13.2 Å². The molecule has 0 saturated heterocycles. The Bertz CT molecular complexity index is 1320. The molecule has 0 bridgehead atoms. The molecule has 0 spiro atoms. The summed E-state index contributed by atoms with van der Waals surface area (Å²) in [5.41, 5.74) is 0.887. The Labute approximate surface area is 182 Å². The molecule has 0 atom stereocenters. The fraction of sp³-hybridized carbons (Fsp3) is 0.0870. The van der Waals surface area contributed by atoms with Gasteiger partial charge in [0, 0.05) is 11.1 Å². The number of carbonyl (C=O) groups is 1. The van der Waals surface area contributed by atoms with E-state index in [1.165, 1.54) is 34.9 Å². The van der Waals surface area contributed by atoms with Gasteiger partial charge in [0.25, 0.3) is 0 Å². The van der Waals surface area contributed by atoms with Crippen molar-refractivity contribution in [2.24, 2.45) is 0 Å². The SMILES string of the molecule is O=C(O)c1cc2cc(-c3ccc(C(F)(F)F)cc3)ccc2n1-c1ccc(OC(F)(F)F)cc1. The first kappa shape index (κ1) is 22.3. The zero-order chi connectivity index (χ0) is 24.0. The first-order chi connectivity index (χ1) is 15.4. The first-order valence-corrected chi connectivity index (χ1v) is 9.35. The molecule has 0 aliphatic rings. The van der Waals surface area contributed by atoms with Gasteiger partial charge in [0.05, 0.1) is 11.1 Å². The fourth-order valence-corrected chi connectivity index (χ4v) is 3.48. The lowest BCUT2D eigenvalue weighted by Gasteiger charge is -2.12. The largest absolute Gasteiger partial charge is 0.573 e. The molecule has 10 heteroatoms. The molecule has 1 heterocycles. The minimum absolute atomic E-state index is 0.140. The number of alkyl halides is 6. The van der Waals surface area contributed by atoms with Crippen molar-refractivity contribution in [2.45, 2.75) is 12.5 Å². The Hall–Kier alpha value is -3.95. The summed E-state index contributed by atoms with van der Waals surface area (Å²) in [7, 11) is 0. The number of carboxylic acid groups (broad SMARTS) is 1. The summed E-state index contributed by atoms with van der Waals surface area (Å²) in [5, 5.41) is 10.1. The van der Waals surface area contributed by atoms with E-state index in [1.807, 2.05) is 0 Å². The summed E-state index contributed by atoms with van der Waals surface area (Å²) in [4.78, 5) is 11.8. The molecule has 33 heavy (non-hydrogen) atoms. The summed E-state index contributed by atoms with van der Waals surface area (Å²) in [6.45, 7) is 0. The third-order valence-corrected chi connectivity index (χ3v) is 4.89. The van der Waals surface area contributed by atoms with Crippen LogP contribution in [0.4, 0.5) is 26.3 Å². The Morgan fingerprint density at radius 2 is 1.39 bits per heavy atom. The monoisotopic (exact) mass is 465 g/mol. The molecular weight excluding hydrogens is 452 g/mol. The number of ether oxygens (including phenoxy) is 1. The number of fused-ring (bicyclic) bond motifs is 1. The van der Waals surface area contributed by atoms with Crippen LogP contribution in [-0.4, -0.2) is 22.0 Å². The summed E-state index contributed by atoms with van der Waals surface area (Å²) < 4.78 is 80.8. The van der Waals surface area contributed by atoms with Crippen molar-refractivity contribution < 1.29 is 41.0 Å². The maximum absolute atomic E-state index is 12.8. The number of aromatic carboxylic acids is 1. The van der Waals surface area contributed by atoms with Crippen molar-refractivity contribution in [3.63, 3.8) is 0 Å². The molecule has 4 nitrogen and oxygen atoms in total. The first-order valence-electron chi connectivity index (χ1n) is 9.35. The average Bonchev–Trinajstić information content (AvgIpc) is 3.12. The van der Waals surface area contributed by atoms with Crippen molar-refractivity contribution in [3.05, 3.63) is 84.1 Å². The lowest BCUT2D eigenvalue weighted by molar-refractivity contribution is -0.274. The zero-order valence-corrected chi connectivity index (χ0v) is 16.4. The van der Waals surface area contributed by atoms with Crippen LogP contribution >= 0.6 is 0 Å². The number of rotatable bonds is 4. The molecule has 3 aromatic carbocycles. The second-order valence-electron chi connectivity index (χ2n) is 7.06. The predicted octanol–water partition coefficient (Wildman–Crippen LogP) is 6.91. The van der Waals surface area contributed by atoms with E-state index in [9.17, 15) is 36.2 Å². The number of carboxylic acids is 1. The van der Waals surface area contributed by atoms with Gasteiger partial charge in [0.1, 0.15) is 11.4 Å². The molecule has 170 valence electrons. The molecule has 1 aromatic heterocycles. The van der Waals surface area contributed by atoms with Crippen molar-refractivity contribution in [2.75, 3.05) is 0 Å². The highest BCUT2D eigenvalue weighted by Crippen LogP contribution is 2.33. The molecule has 0 amide bonds. The number of halogens is 6. The van der Waals surface area contributed by atoms with E-state index in [0.717, 1.165) is 24.3 Å². The quantitative estimate of drug-likeness (QED) is 0.333. The molecule has 4 aromatic rings. The lowest BCUT2D eigenvalue weighted by Crippen LogP contribution is -2.17. The molecule has 4 rings (SSSR count). The minimum atomic E-state index is -4.86. The third kappa shape index (κ3) is 4.64. The highest BCUT2D eigenvalue weighted by Gasteiger charge is 2.31. The average molecular weight is 465 g/mol. The van der Waals surface area contributed by atoms with Crippen molar-refractivity contribution >= 4 is 16.9 Å². The Kier molecular flexibility index (Phi) is 5.31. The maximum Gasteiger partial charge on any atom is 0.573 e. The Morgan fingerprint density at radius 1 is 0.788 bits per heavy atom. The molecule has 0 aliphatic carbocycles. The fourth-order valence-electron chi connectivity index (χ4n) is 3.48. The highest BCUT2D eigenvalue weighted by molar-refractivity contribution is 5.97. The van der Waals surface area contributed by atoms with Crippen LogP contribution in [0.5, 0.6) is 5.75 Å². The number of hydrogen-bond acceptors (Lipinski definition) is 2. The Morgan fingerprint density at radius 3 is 1.94 bits per heavy atom. The topological polar surface area (TPSA) is 51.5 Å². The van der Waals surface area contributed by atoms with Crippen LogP contribution in [0.15, 0.2) is 72.8 Å². The van der Waals surface area contributed by atoms with E-state index in [-0.39, 0.29) is 5.69 Å². The van der Waals surface area contributed by atoms with Crippen LogP contribution < -0.4 is 4.74 Å². The van der Waals surface area contributed by atoms with Crippen LogP contribution in [0, 0.1) is 0 Å². The minimum Gasteiger partial charge on any atom is -0.477 e. The maximum atomic E-state index is 12.8. The van der Waals surface area contributed by atoms with Gasteiger partial charge in [-0.25, -0.2) is 4.79 Å². The van der Waals surface area contributed by atoms with Crippen molar-refractivity contribution in [3.8, 4) is 22.6 Å². The van der Waals surface area contributed by atoms with Gasteiger partial charge in [-0.1, -0.05) is 18.2 Å². The summed E-state index contributed by atoms with van der Waals surface area (Å²) in [5.74, 6) is -1.72. The number of nitrogens with zero attached hydrogens (tertiary/aromatic N) is 1. The van der Waals surface area contributed by atoms with Gasteiger partial charge >= 0.3 is 18.5 Å². The van der Waals surface area contributed by atoms with Crippen LogP contribution in [0.25, 0.3) is 27.7 Å². The Balaban J connectivity index is 1.75. The normalized spacial score (nSPS) is 12.2. The molecule has 0 aliphatic heterocycles. The molecular formula is C23H13F6NO3. The van der Waals surface area contributed by atoms with Gasteiger partial charge in [-0.05, 0) is 65.7 Å². The van der Waals surface area contributed by atoms with E-state index in [0.29, 0.717) is 27.7 Å². The summed E-state index contributed by atoms with van der Waals surface area (Å²) in [6, 6.07) is 15.5. The lowest BCUT2D eigenvalue weighted by atomic mass is 10.0. The second kappa shape index (κ2) is 7.88. The van der Waals surface area contributed by atoms with Gasteiger partial charge < -0.3 is 14.4 Å². The smallest absolute Gasteiger partial charge is 0.477 e. The van der Waals surface area contributed by atoms with Crippen molar-refractivity contribution in [1.29, 1.82) is 0 Å². The van der Waals surface area contributed by atoms with Crippen LogP contribution in [0.1, 0.15) is 16.1 Å². The van der Waals surface area contributed by atoms with E-state index in [2.05, 4.69) is 4.74 Å². The third-order valence-electron chi connectivity index (χ3n) is 4.89. The van der Waals surface area contributed by atoms with E-state index < -0.39 is 29.8 Å². The van der Waals surface area contributed by atoms with E-state index in [1.54, 1.807) is 18.2 Å². The van der Waals surface area contributed by atoms with E-state index in [4.69, 9.17) is 0 Å². The van der Waals surface area contributed by atoms with Gasteiger partial charge in [0.15, 0.2) is 0 Å². The molecule has 0 unspecified atom stereocenters. The van der Waals surface area contributed by atoms with Gasteiger partial charge in [-0.3, -0.25) is 0 Å². The second-order valence-corrected chi connectivity index (χ2v) is 7.06. The van der Waals surface area contributed by atoms with Crippen LogP contribution in [0.2, 0.25) is 0 Å². The van der Waals surface area contributed by atoms with Crippen LogP contribution in [0.3, 0.4) is 0 Å². The number of hydrogen-bond donors (Lipinski definition) is 1. The summed E-state index contributed by atoms with van der Waals surface area (Å²) >= 11 is 0. The van der Waals surface area contributed by atoms with Crippen molar-refractivity contribution in [1.82, 2.24) is 4.57 Å². The molecule has 0 fully saturated rings. The van der Waals surface area contributed by atoms with E-state index >= 15 is 0 Å². The number of benzene rings is 3. The standard InChI is InChI=1S/C23H13F6NO3/c24-22(25,26)16-4-1-13(2-5-16)14-3-10-19-15(11-14)12-20(21(31)32)30(19)17-6-8-18(9-7-17)33-23(27,28)29/h1-12H,(H,31,32). The molecule has 1 N–H and O–H groups in total. The predicted molar refractivity (Wildman–Crippen MR) is 107 cm³/mol. The zero-order valence-electron chi connectivity index (χ0n) is 16.4. The highest BCUT2D eigenvalue weighted by atomic mass is 19.4.